The van der Waals surface area contributed by atoms with Crippen LogP contribution in [0.3, 0.4) is 0 Å². The molecule has 0 radical (unpaired) electrons. The summed E-state index contributed by atoms with van der Waals surface area (Å²) in [6, 6.07) is 12.4. The molecule has 3 aromatic rings. The molecule has 9 heteroatoms. The predicted octanol–water partition coefficient (Wildman–Crippen LogP) is 7.16. The first kappa shape index (κ1) is 25.2. The largest absolute Gasteiger partial charge is 0.492 e. The number of alkyl halides is 3. The monoisotopic (exact) mass is 538 g/mol. The lowest BCUT2D eigenvalue weighted by molar-refractivity contribution is -0.388. The van der Waals surface area contributed by atoms with Crippen molar-refractivity contribution in [3.63, 3.8) is 0 Å². The Morgan fingerprint density at radius 2 is 1.92 bits per heavy atom. The smallest absolute Gasteiger partial charge is 0.417 e. The highest BCUT2D eigenvalue weighted by Gasteiger charge is 2.40. The summed E-state index contributed by atoms with van der Waals surface area (Å²) in [5.41, 5.74) is 2.37. The fourth-order valence-corrected chi connectivity index (χ4v) is 5.67. The number of benzene rings is 3. The molecule has 200 valence electrons. The van der Waals surface area contributed by atoms with E-state index in [-0.39, 0.29) is 36.5 Å². The molecule has 5 nitrogen and oxygen atoms in total. The fraction of sp³-hybridized carbons (Fsp3) is 0.267. The van der Waals surface area contributed by atoms with Gasteiger partial charge in [-0.3, -0.25) is 4.79 Å². The molecule has 1 aliphatic carbocycles. The van der Waals surface area contributed by atoms with E-state index >= 15 is 4.39 Å². The van der Waals surface area contributed by atoms with E-state index in [4.69, 9.17) is 14.6 Å². The van der Waals surface area contributed by atoms with Gasteiger partial charge in [-0.25, -0.2) is 4.39 Å². The number of allylic oxidation sites excluding steroid dienone is 2. The standard InChI is InChI=1S/C30H23F4NO4/c1-16-10-11-35(16)19-4-2-17(3-5-19)28-22-8-9-25(29(22)24(31)14-23(28)30(32,33)34)39-20-6-7-21-18(12-27(36)37)15-38-26(21)13-20/h2-7,10-11,13-14,18,25H,8-9,12,15H2,1H3/p+1/t18-,25-/m1/s1. The Bertz CT molecular complexity index is 1560. The highest BCUT2D eigenvalue weighted by molar-refractivity contribution is 5.77. The van der Waals surface area contributed by atoms with E-state index in [0.717, 1.165) is 16.9 Å². The average Bonchev–Trinajstić information content (AvgIpc) is 3.47. The second kappa shape index (κ2) is 9.25. The molecule has 0 fully saturated rings. The van der Waals surface area contributed by atoms with Crippen molar-refractivity contribution in [3.8, 4) is 22.6 Å². The molecule has 3 aliphatic rings. The number of fused-ring (bicyclic) bond motifs is 2. The van der Waals surface area contributed by atoms with Crippen LogP contribution in [0.2, 0.25) is 0 Å². The predicted molar refractivity (Wildman–Crippen MR) is 135 cm³/mol. The van der Waals surface area contributed by atoms with Crippen molar-refractivity contribution in [2.45, 2.75) is 44.4 Å². The molecule has 2 aliphatic heterocycles. The first-order valence-corrected chi connectivity index (χ1v) is 12.6. The summed E-state index contributed by atoms with van der Waals surface area (Å²) < 4.78 is 71.3. The van der Waals surface area contributed by atoms with Gasteiger partial charge < -0.3 is 14.6 Å². The summed E-state index contributed by atoms with van der Waals surface area (Å²) in [4.78, 5) is 11.1. The minimum Gasteiger partial charge on any atom is -0.492 e. The van der Waals surface area contributed by atoms with Crippen molar-refractivity contribution >= 4 is 17.9 Å². The van der Waals surface area contributed by atoms with Gasteiger partial charge in [-0.15, -0.1) is 0 Å². The third kappa shape index (κ3) is 4.45. The molecule has 2 heterocycles. The van der Waals surface area contributed by atoms with Crippen LogP contribution in [0.15, 0.2) is 60.3 Å². The maximum absolute atomic E-state index is 15.3. The van der Waals surface area contributed by atoms with Gasteiger partial charge >= 0.3 is 12.1 Å². The van der Waals surface area contributed by atoms with Gasteiger partial charge in [0.1, 0.15) is 23.4 Å². The quantitative estimate of drug-likeness (QED) is 0.267. The highest BCUT2D eigenvalue weighted by atomic mass is 19.4. The summed E-state index contributed by atoms with van der Waals surface area (Å²) in [7, 11) is 0. The Balaban J connectivity index is 1.34. The summed E-state index contributed by atoms with van der Waals surface area (Å²) in [5, 5.41) is 9.11. The van der Waals surface area contributed by atoms with Gasteiger partial charge in [-0.05, 0) is 53.8 Å². The van der Waals surface area contributed by atoms with Crippen LogP contribution in [0.5, 0.6) is 11.5 Å². The molecule has 0 amide bonds. The van der Waals surface area contributed by atoms with E-state index in [1.165, 1.54) is 0 Å². The molecule has 0 aromatic heterocycles. The zero-order valence-electron chi connectivity index (χ0n) is 20.9. The van der Waals surface area contributed by atoms with Crippen LogP contribution in [0.4, 0.5) is 23.2 Å². The molecule has 0 bridgehead atoms. The molecule has 6 rings (SSSR count). The Hall–Kier alpha value is -4.14. The summed E-state index contributed by atoms with van der Waals surface area (Å²) >= 11 is 0. The summed E-state index contributed by atoms with van der Waals surface area (Å²) in [6.07, 6.45) is -1.24. The molecular formula is C30H24F4NO4+. The van der Waals surface area contributed by atoms with Crippen molar-refractivity contribution in [3.05, 3.63) is 88.4 Å². The van der Waals surface area contributed by atoms with Gasteiger partial charge in [0.25, 0.3) is 0 Å². The second-order valence-electron chi connectivity index (χ2n) is 10.00. The van der Waals surface area contributed by atoms with Crippen molar-refractivity contribution in [1.82, 2.24) is 0 Å². The number of aliphatic carboxylic acids is 1. The number of rotatable bonds is 6. The Morgan fingerprint density at radius 3 is 2.56 bits per heavy atom. The van der Waals surface area contributed by atoms with E-state index in [1.54, 1.807) is 42.5 Å². The topological polar surface area (TPSA) is 58.8 Å². The number of ether oxygens (including phenoxy) is 2. The van der Waals surface area contributed by atoms with Crippen LogP contribution >= 0.6 is 0 Å². The number of carboxylic acid groups (broad SMARTS) is 1. The van der Waals surface area contributed by atoms with Gasteiger partial charge in [0.2, 0.25) is 5.69 Å². The number of halogens is 4. The maximum Gasteiger partial charge on any atom is 0.417 e. The molecular weight excluding hydrogens is 514 g/mol. The van der Waals surface area contributed by atoms with Crippen LogP contribution in [-0.2, 0) is 17.4 Å². The van der Waals surface area contributed by atoms with Crippen molar-refractivity contribution in [2.75, 3.05) is 6.61 Å². The van der Waals surface area contributed by atoms with Crippen LogP contribution in [0, 0.1) is 5.82 Å². The molecule has 3 aromatic carbocycles. The van der Waals surface area contributed by atoms with Gasteiger partial charge in [-0.2, -0.15) is 17.7 Å². The zero-order valence-corrected chi connectivity index (χ0v) is 20.9. The van der Waals surface area contributed by atoms with E-state index in [2.05, 4.69) is 0 Å². The summed E-state index contributed by atoms with van der Waals surface area (Å²) in [5.74, 6) is -1.28. The van der Waals surface area contributed by atoms with E-state index in [0.29, 0.717) is 35.1 Å². The number of carbonyl (C=O) groups is 1. The van der Waals surface area contributed by atoms with Crippen LogP contribution < -0.4 is 9.47 Å². The average molecular weight is 539 g/mol. The van der Waals surface area contributed by atoms with Crippen molar-refractivity contribution in [1.29, 1.82) is 0 Å². The Labute approximate surface area is 221 Å². The number of hydrogen-bond acceptors (Lipinski definition) is 3. The zero-order chi connectivity index (χ0) is 27.5. The van der Waals surface area contributed by atoms with Crippen LogP contribution in [-0.4, -0.2) is 28.5 Å². The summed E-state index contributed by atoms with van der Waals surface area (Å²) in [6.45, 7) is 2.17. The minimum absolute atomic E-state index is 0.0230. The molecule has 1 N–H and O–H groups in total. The van der Waals surface area contributed by atoms with E-state index in [9.17, 15) is 18.0 Å². The highest BCUT2D eigenvalue weighted by Crippen LogP contribution is 2.48. The first-order valence-electron chi connectivity index (χ1n) is 12.6. The molecule has 39 heavy (non-hydrogen) atoms. The van der Waals surface area contributed by atoms with Gasteiger partial charge in [0.05, 0.1) is 24.7 Å². The Kier molecular flexibility index (Phi) is 5.97. The van der Waals surface area contributed by atoms with E-state index < -0.39 is 29.6 Å². The number of carboxylic acids is 1. The van der Waals surface area contributed by atoms with Gasteiger partial charge in [0, 0.05) is 42.2 Å². The lowest BCUT2D eigenvalue weighted by Gasteiger charge is -2.21. The molecule has 0 saturated carbocycles. The maximum atomic E-state index is 15.3. The normalized spacial score (nSPS) is 19.4. The van der Waals surface area contributed by atoms with Crippen molar-refractivity contribution in [2.24, 2.45) is 0 Å². The third-order valence-corrected chi connectivity index (χ3v) is 7.55. The second-order valence-corrected chi connectivity index (χ2v) is 10.00. The Morgan fingerprint density at radius 1 is 1.15 bits per heavy atom. The third-order valence-electron chi connectivity index (χ3n) is 7.55. The van der Waals surface area contributed by atoms with E-state index in [1.807, 2.05) is 23.8 Å². The molecule has 0 spiro atoms. The minimum atomic E-state index is -4.74. The molecule has 0 saturated heterocycles. The SMILES string of the molecule is CC1=CC=[N+]1c1ccc(-c2c(C(F)(F)F)cc(F)c3c2CC[C@H]3Oc2ccc3c(c2)OC[C@H]3CC(=O)O)cc1. The van der Waals surface area contributed by atoms with Crippen LogP contribution in [0.25, 0.3) is 11.1 Å². The van der Waals surface area contributed by atoms with Gasteiger partial charge in [-0.1, -0.05) is 6.07 Å². The van der Waals surface area contributed by atoms with Gasteiger partial charge in [0.15, 0.2) is 11.9 Å². The number of nitrogens with zero attached hydrogens (tertiary/aromatic N) is 1. The first-order chi connectivity index (χ1) is 18.6. The molecule has 2 atom stereocenters. The lowest BCUT2D eigenvalue weighted by Crippen LogP contribution is -2.13. The van der Waals surface area contributed by atoms with Crippen LogP contribution in [0.1, 0.15) is 54.0 Å². The fourth-order valence-electron chi connectivity index (χ4n) is 5.67. The molecule has 0 unspecified atom stereocenters. The van der Waals surface area contributed by atoms with Crippen molar-refractivity contribution < 1.29 is 41.5 Å². The lowest BCUT2D eigenvalue weighted by atomic mass is 9.90. The number of hydrogen-bond donors (Lipinski definition) is 1.